The van der Waals surface area contributed by atoms with Crippen molar-refractivity contribution in [2.75, 3.05) is 6.61 Å². The molecule has 0 amide bonds. The average molecular weight is 246 g/mol. The average Bonchev–Trinajstić information content (AvgIpc) is 3.23. The van der Waals surface area contributed by atoms with E-state index in [1.54, 1.807) is 0 Å². The van der Waals surface area contributed by atoms with Gasteiger partial charge in [0.1, 0.15) is 6.10 Å². The predicted molar refractivity (Wildman–Crippen MR) is 76.8 cm³/mol. The van der Waals surface area contributed by atoms with E-state index in [1.807, 2.05) is 0 Å². The molecule has 100 valence electrons. The molecular formula is C17H26O. The molecule has 18 heavy (non-hydrogen) atoms. The highest BCUT2D eigenvalue weighted by molar-refractivity contribution is 5.26. The summed E-state index contributed by atoms with van der Waals surface area (Å²) >= 11 is 0. The Morgan fingerprint density at radius 2 is 1.56 bits per heavy atom. The zero-order chi connectivity index (χ0) is 12.6. The normalized spacial score (nSPS) is 17.9. The molecule has 0 saturated carbocycles. The van der Waals surface area contributed by atoms with Gasteiger partial charge in [0.05, 0.1) is 6.61 Å². The summed E-state index contributed by atoms with van der Waals surface area (Å²) in [6.45, 7) is 3.19. The number of hydrogen-bond acceptors (Lipinski definition) is 1. The Labute approximate surface area is 112 Å². The standard InChI is InChI=1S/C17H26O/c1-2-3-4-5-6-7-8-9-15-10-12-16(13-11-15)17-14-18-17/h10-13,17H,2-9,14H2,1H3. The van der Waals surface area contributed by atoms with Gasteiger partial charge in [0, 0.05) is 0 Å². The van der Waals surface area contributed by atoms with Crippen molar-refractivity contribution < 1.29 is 4.74 Å². The van der Waals surface area contributed by atoms with Gasteiger partial charge >= 0.3 is 0 Å². The molecule has 1 heterocycles. The summed E-state index contributed by atoms with van der Waals surface area (Å²) in [5, 5.41) is 0. The van der Waals surface area contributed by atoms with Gasteiger partial charge in [-0.3, -0.25) is 0 Å². The molecule has 0 bridgehead atoms. The first-order chi connectivity index (χ1) is 8.90. The minimum Gasteiger partial charge on any atom is -0.368 e. The summed E-state index contributed by atoms with van der Waals surface area (Å²) in [5.74, 6) is 0. The van der Waals surface area contributed by atoms with Crippen LogP contribution in [0.5, 0.6) is 0 Å². The van der Waals surface area contributed by atoms with E-state index < -0.39 is 0 Å². The molecule has 2 rings (SSSR count). The van der Waals surface area contributed by atoms with Crippen molar-refractivity contribution in [3.63, 3.8) is 0 Å². The molecule has 1 aliphatic rings. The monoisotopic (exact) mass is 246 g/mol. The minimum absolute atomic E-state index is 0.401. The van der Waals surface area contributed by atoms with E-state index in [1.165, 1.54) is 62.5 Å². The van der Waals surface area contributed by atoms with Gasteiger partial charge in [0.2, 0.25) is 0 Å². The van der Waals surface area contributed by atoms with Crippen LogP contribution in [0, 0.1) is 0 Å². The fraction of sp³-hybridized carbons (Fsp3) is 0.647. The molecule has 0 aromatic heterocycles. The van der Waals surface area contributed by atoms with Crippen LogP contribution in [0.15, 0.2) is 24.3 Å². The van der Waals surface area contributed by atoms with E-state index in [9.17, 15) is 0 Å². The van der Waals surface area contributed by atoms with E-state index in [2.05, 4.69) is 31.2 Å². The van der Waals surface area contributed by atoms with Crippen molar-refractivity contribution in [2.45, 2.75) is 64.4 Å². The smallest absolute Gasteiger partial charge is 0.106 e. The van der Waals surface area contributed by atoms with Gasteiger partial charge < -0.3 is 4.74 Å². The third kappa shape index (κ3) is 4.81. The number of unbranched alkanes of at least 4 members (excludes halogenated alkanes) is 6. The molecule has 0 aliphatic carbocycles. The highest BCUT2D eigenvalue weighted by Gasteiger charge is 2.24. The molecule has 1 heteroatoms. The number of rotatable bonds is 9. The Balaban J connectivity index is 1.55. The molecule has 0 spiro atoms. The molecule has 1 atom stereocenters. The lowest BCUT2D eigenvalue weighted by Gasteiger charge is -2.03. The van der Waals surface area contributed by atoms with Crippen molar-refractivity contribution in [1.29, 1.82) is 0 Å². The van der Waals surface area contributed by atoms with E-state index >= 15 is 0 Å². The van der Waals surface area contributed by atoms with Gasteiger partial charge in [-0.05, 0) is 24.0 Å². The lowest BCUT2D eigenvalue weighted by atomic mass is 10.0. The summed E-state index contributed by atoms with van der Waals surface area (Å²) in [7, 11) is 0. The lowest BCUT2D eigenvalue weighted by Crippen LogP contribution is -1.88. The van der Waals surface area contributed by atoms with Gasteiger partial charge in [-0.15, -0.1) is 0 Å². The topological polar surface area (TPSA) is 12.5 Å². The van der Waals surface area contributed by atoms with Gasteiger partial charge in [0.25, 0.3) is 0 Å². The zero-order valence-corrected chi connectivity index (χ0v) is 11.7. The van der Waals surface area contributed by atoms with Crippen LogP contribution >= 0.6 is 0 Å². The van der Waals surface area contributed by atoms with E-state index in [-0.39, 0.29) is 0 Å². The second kappa shape index (κ2) is 7.58. The molecule has 1 aliphatic heterocycles. The van der Waals surface area contributed by atoms with E-state index in [0.29, 0.717) is 6.10 Å². The van der Waals surface area contributed by atoms with Crippen LogP contribution in [-0.4, -0.2) is 6.61 Å². The first kappa shape index (κ1) is 13.6. The Morgan fingerprint density at radius 1 is 0.944 bits per heavy atom. The van der Waals surface area contributed by atoms with Crippen LogP contribution in [-0.2, 0) is 11.2 Å². The maximum absolute atomic E-state index is 5.28. The second-order valence-corrected chi connectivity index (χ2v) is 5.43. The molecule has 1 unspecified atom stereocenters. The van der Waals surface area contributed by atoms with Crippen LogP contribution in [0.4, 0.5) is 0 Å². The van der Waals surface area contributed by atoms with Crippen molar-refractivity contribution in [3.05, 3.63) is 35.4 Å². The van der Waals surface area contributed by atoms with Gasteiger partial charge in [0.15, 0.2) is 0 Å². The second-order valence-electron chi connectivity index (χ2n) is 5.43. The van der Waals surface area contributed by atoms with Crippen LogP contribution in [0.25, 0.3) is 0 Å². The maximum atomic E-state index is 5.28. The highest BCUT2D eigenvalue weighted by atomic mass is 16.6. The number of epoxide rings is 1. The Kier molecular flexibility index (Phi) is 5.73. The van der Waals surface area contributed by atoms with Crippen LogP contribution in [0.3, 0.4) is 0 Å². The lowest BCUT2D eigenvalue weighted by molar-refractivity contribution is 0.415. The molecular weight excluding hydrogens is 220 g/mol. The van der Waals surface area contributed by atoms with Gasteiger partial charge in [-0.1, -0.05) is 69.7 Å². The number of ether oxygens (including phenoxy) is 1. The maximum Gasteiger partial charge on any atom is 0.106 e. The third-order valence-corrected chi connectivity index (χ3v) is 3.75. The zero-order valence-electron chi connectivity index (χ0n) is 11.7. The summed E-state index contributed by atoms with van der Waals surface area (Å²) < 4.78 is 5.28. The van der Waals surface area contributed by atoms with Crippen molar-refractivity contribution >= 4 is 0 Å². The molecule has 0 N–H and O–H groups in total. The van der Waals surface area contributed by atoms with E-state index in [4.69, 9.17) is 4.74 Å². The van der Waals surface area contributed by atoms with Crippen molar-refractivity contribution in [2.24, 2.45) is 0 Å². The minimum atomic E-state index is 0.401. The summed E-state index contributed by atoms with van der Waals surface area (Å²) in [6.07, 6.45) is 11.4. The molecule has 1 aromatic rings. The quantitative estimate of drug-likeness (QED) is 0.439. The van der Waals surface area contributed by atoms with E-state index in [0.717, 1.165) is 6.61 Å². The Bertz CT molecular complexity index is 324. The summed E-state index contributed by atoms with van der Waals surface area (Å²) in [6, 6.07) is 9.00. The molecule has 1 saturated heterocycles. The molecule has 0 radical (unpaired) electrons. The summed E-state index contributed by atoms with van der Waals surface area (Å²) in [5.41, 5.74) is 2.83. The van der Waals surface area contributed by atoms with Gasteiger partial charge in [-0.2, -0.15) is 0 Å². The number of hydrogen-bond donors (Lipinski definition) is 0. The van der Waals surface area contributed by atoms with Crippen LogP contribution in [0.2, 0.25) is 0 Å². The summed E-state index contributed by atoms with van der Waals surface area (Å²) in [4.78, 5) is 0. The van der Waals surface area contributed by atoms with Crippen LogP contribution in [0.1, 0.15) is 69.1 Å². The van der Waals surface area contributed by atoms with Crippen molar-refractivity contribution in [1.82, 2.24) is 0 Å². The fourth-order valence-corrected chi connectivity index (χ4v) is 2.43. The Hall–Kier alpha value is -0.820. The third-order valence-electron chi connectivity index (χ3n) is 3.75. The molecule has 1 fully saturated rings. The molecule has 1 nitrogen and oxygen atoms in total. The first-order valence-corrected chi connectivity index (χ1v) is 7.60. The van der Waals surface area contributed by atoms with Gasteiger partial charge in [-0.25, -0.2) is 0 Å². The van der Waals surface area contributed by atoms with Crippen molar-refractivity contribution in [3.8, 4) is 0 Å². The predicted octanol–water partition coefficient (Wildman–Crippen LogP) is 5.05. The fourth-order valence-electron chi connectivity index (χ4n) is 2.43. The first-order valence-electron chi connectivity index (χ1n) is 7.60. The number of aryl methyl sites for hydroxylation is 1. The molecule has 1 aromatic carbocycles. The highest BCUT2D eigenvalue weighted by Crippen LogP contribution is 2.29. The SMILES string of the molecule is CCCCCCCCCc1ccc(C2CO2)cc1. The number of benzene rings is 1. The van der Waals surface area contributed by atoms with Crippen LogP contribution < -0.4 is 0 Å². The Morgan fingerprint density at radius 3 is 2.17 bits per heavy atom. The largest absolute Gasteiger partial charge is 0.368 e.